The first kappa shape index (κ1) is 25.6. The summed E-state index contributed by atoms with van der Waals surface area (Å²) in [5.74, 6) is 1.21. The van der Waals surface area contributed by atoms with Crippen LogP contribution in [-0.4, -0.2) is 67.0 Å². The van der Waals surface area contributed by atoms with Gasteiger partial charge in [-0.15, -0.1) is 35.3 Å². The van der Waals surface area contributed by atoms with E-state index in [0.29, 0.717) is 35.8 Å². The van der Waals surface area contributed by atoms with Crippen LogP contribution in [0.2, 0.25) is 0 Å². The van der Waals surface area contributed by atoms with Crippen molar-refractivity contribution in [3.63, 3.8) is 0 Å². The second-order valence-corrected chi connectivity index (χ2v) is 9.12. The molecule has 0 aliphatic carbocycles. The Labute approximate surface area is 188 Å². The molecular formula is C17H31IN4O4S2. The maximum absolute atomic E-state index is 12.0. The van der Waals surface area contributed by atoms with Crippen LogP contribution >= 0.6 is 35.3 Å². The zero-order valence-electron chi connectivity index (χ0n) is 16.2. The average molecular weight is 546 g/mol. The highest BCUT2D eigenvalue weighted by Crippen LogP contribution is 2.14. The van der Waals surface area contributed by atoms with E-state index in [1.54, 1.807) is 17.5 Å². The Bertz CT molecular complexity index is 650. The lowest BCUT2D eigenvalue weighted by Crippen LogP contribution is -2.41. The lowest BCUT2D eigenvalue weighted by Gasteiger charge is -2.12. The number of guanidine groups is 1. The van der Waals surface area contributed by atoms with Crippen LogP contribution in [0.1, 0.15) is 19.8 Å². The summed E-state index contributed by atoms with van der Waals surface area (Å²) < 4.78 is 38.0. The molecule has 1 aliphatic rings. The van der Waals surface area contributed by atoms with Gasteiger partial charge in [0, 0.05) is 45.3 Å². The molecule has 0 amide bonds. The molecule has 2 rings (SSSR count). The SMILES string of the molecule is CCNC(=NCCCOCC1CCOC1)NCCNS(=O)(=O)c1cccs1.I. The summed E-state index contributed by atoms with van der Waals surface area (Å²) in [5.41, 5.74) is 0. The molecule has 1 atom stereocenters. The van der Waals surface area contributed by atoms with E-state index < -0.39 is 10.0 Å². The van der Waals surface area contributed by atoms with E-state index in [0.717, 1.165) is 39.2 Å². The van der Waals surface area contributed by atoms with Crippen molar-refractivity contribution in [3.8, 4) is 0 Å². The normalized spacial score (nSPS) is 17.3. The second kappa shape index (κ2) is 14.5. The summed E-state index contributed by atoms with van der Waals surface area (Å²) in [4.78, 5) is 4.48. The van der Waals surface area contributed by atoms with Gasteiger partial charge in [0.2, 0.25) is 10.0 Å². The quantitative estimate of drug-likeness (QED) is 0.160. The number of thiophene rings is 1. The molecule has 3 N–H and O–H groups in total. The van der Waals surface area contributed by atoms with Gasteiger partial charge < -0.3 is 20.1 Å². The summed E-state index contributed by atoms with van der Waals surface area (Å²) in [6.45, 7) is 7.21. The largest absolute Gasteiger partial charge is 0.381 e. The van der Waals surface area contributed by atoms with Gasteiger partial charge in [-0.05, 0) is 31.2 Å². The van der Waals surface area contributed by atoms with Crippen LogP contribution in [0.5, 0.6) is 0 Å². The Morgan fingerprint density at radius 1 is 1.39 bits per heavy atom. The zero-order valence-corrected chi connectivity index (χ0v) is 20.1. The first-order chi connectivity index (χ1) is 13.1. The van der Waals surface area contributed by atoms with Gasteiger partial charge in [0.05, 0.1) is 13.2 Å². The summed E-state index contributed by atoms with van der Waals surface area (Å²) in [6, 6.07) is 3.31. The fourth-order valence-electron chi connectivity index (χ4n) is 2.52. The van der Waals surface area contributed by atoms with Crippen molar-refractivity contribution >= 4 is 51.3 Å². The van der Waals surface area contributed by atoms with Crippen molar-refractivity contribution < 1.29 is 17.9 Å². The number of ether oxygens (including phenoxy) is 2. The summed E-state index contributed by atoms with van der Waals surface area (Å²) in [6.07, 6.45) is 1.93. The Morgan fingerprint density at radius 2 is 2.25 bits per heavy atom. The van der Waals surface area contributed by atoms with Crippen molar-refractivity contribution in [3.05, 3.63) is 17.5 Å². The smallest absolute Gasteiger partial charge is 0.250 e. The Balaban J connectivity index is 0.00000392. The molecule has 0 bridgehead atoms. The van der Waals surface area contributed by atoms with E-state index in [4.69, 9.17) is 9.47 Å². The van der Waals surface area contributed by atoms with Gasteiger partial charge in [0.25, 0.3) is 0 Å². The summed E-state index contributed by atoms with van der Waals surface area (Å²) in [5, 5.41) is 8.03. The van der Waals surface area contributed by atoms with E-state index in [-0.39, 0.29) is 30.5 Å². The number of rotatable bonds is 12. The number of nitrogens with one attached hydrogen (secondary N) is 3. The third kappa shape index (κ3) is 9.83. The average Bonchev–Trinajstić information content (AvgIpc) is 3.35. The van der Waals surface area contributed by atoms with Gasteiger partial charge in [-0.25, -0.2) is 13.1 Å². The fourth-order valence-corrected chi connectivity index (χ4v) is 4.59. The van der Waals surface area contributed by atoms with Gasteiger partial charge in [-0.3, -0.25) is 4.99 Å². The number of halogens is 1. The maximum Gasteiger partial charge on any atom is 0.250 e. The van der Waals surface area contributed by atoms with E-state index in [1.807, 2.05) is 6.92 Å². The molecule has 2 heterocycles. The predicted molar refractivity (Wildman–Crippen MR) is 123 cm³/mol. The number of sulfonamides is 1. The lowest BCUT2D eigenvalue weighted by molar-refractivity contribution is 0.0893. The molecule has 8 nitrogen and oxygen atoms in total. The van der Waals surface area contributed by atoms with Gasteiger partial charge >= 0.3 is 0 Å². The first-order valence-electron chi connectivity index (χ1n) is 9.32. The molecule has 0 aromatic carbocycles. The minimum atomic E-state index is -3.42. The Morgan fingerprint density at radius 3 is 2.93 bits per heavy atom. The van der Waals surface area contributed by atoms with Crippen LogP contribution in [0.3, 0.4) is 0 Å². The van der Waals surface area contributed by atoms with Crippen LogP contribution < -0.4 is 15.4 Å². The number of hydrogen-bond donors (Lipinski definition) is 3. The van der Waals surface area contributed by atoms with Crippen LogP contribution in [0.15, 0.2) is 26.7 Å². The van der Waals surface area contributed by atoms with Crippen LogP contribution in [0.4, 0.5) is 0 Å². The molecule has 0 saturated carbocycles. The monoisotopic (exact) mass is 546 g/mol. The molecule has 11 heteroatoms. The highest BCUT2D eigenvalue weighted by atomic mass is 127. The predicted octanol–water partition coefficient (Wildman–Crippen LogP) is 1.64. The summed E-state index contributed by atoms with van der Waals surface area (Å²) in [7, 11) is -3.42. The number of hydrogen-bond acceptors (Lipinski definition) is 6. The highest BCUT2D eigenvalue weighted by molar-refractivity contribution is 14.0. The van der Waals surface area contributed by atoms with E-state index >= 15 is 0 Å². The standard InChI is InChI=1S/C17H30N4O4S2.HI/c1-2-18-17(19-7-4-10-24-13-15-6-11-25-14-15)20-8-9-21-27(22,23)16-5-3-12-26-16;/h3,5,12,15,21H,2,4,6-11,13-14H2,1H3,(H2,18,19,20);1H. The number of nitrogens with zero attached hydrogens (tertiary/aromatic N) is 1. The van der Waals surface area contributed by atoms with E-state index in [9.17, 15) is 8.42 Å². The van der Waals surface area contributed by atoms with Crippen molar-refractivity contribution in [1.82, 2.24) is 15.4 Å². The van der Waals surface area contributed by atoms with Gasteiger partial charge in [0.1, 0.15) is 4.21 Å². The van der Waals surface area contributed by atoms with Crippen molar-refractivity contribution in [2.24, 2.45) is 10.9 Å². The van der Waals surface area contributed by atoms with Crippen molar-refractivity contribution in [2.75, 3.05) is 52.6 Å². The van der Waals surface area contributed by atoms with Crippen molar-refractivity contribution in [2.45, 2.75) is 24.0 Å². The Hall–Kier alpha value is -0.470. The molecule has 1 aromatic heterocycles. The molecule has 1 fully saturated rings. The summed E-state index contributed by atoms with van der Waals surface area (Å²) >= 11 is 1.20. The lowest BCUT2D eigenvalue weighted by atomic mass is 10.1. The third-order valence-corrected chi connectivity index (χ3v) is 6.77. The molecule has 28 heavy (non-hydrogen) atoms. The molecule has 1 unspecified atom stereocenters. The molecule has 0 radical (unpaired) electrons. The molecular weight excluding hydrogens is 515 g/mol. The zero-order chi connectivity index (χ0) is 19.4. The third-order valence-electron chi connectivity index (χ3n) is 3.91. The molecule has 162 valence electrons. The van der Waals surface area contributed by atoms with Gasteiger partial charge in [-0.1, -0.05) is 6.07 Å². The minimum Gasteiger partial charge on any atom is -0.381 e. The van der Waals surface area contributed by atoms with Crippen LogP contribution in [0.25, 0.3) is 0 Å². The minimum absolute atomic E-state index is 0. The van der Waals surface area contributed by atoms with Crippen molar-refractivity contribution in [1.29, 1.82) is 0 Å². The van der Waals surface area contributed by atoms with Crippen LogP contribution in [-0.2, 0) is 19.5 Å². The number of aliphatic imine (C=N–C) groups is 1. The first-order valence-corrected chi connectivity index (χ1v) is 11.7. The maximum atomic E-state index is 12.0. The van der Waals surface area contributed by atoms with Crippen LogP contribution in [0, 0.1) is 5.92 Å². The Kier molecular flexibility index (Phi) is 13.2. The highest BCUT2D eigenvalue weighted by Gasteiger charge is 2.15. The van der Waals surface area contributed by atoms with Gasteiger partial charge in [-0.2, -0.15) is 0 Å². The van der Waals surface area contributed by atoms with E-state index in [2.05, 4.69) is 20.3 Å². The van der Waals surface area contributed by atoms with E-state index in [1.165, 1.54) is 11.3 Å². The topological polar surface area (TPSA) is 101 Å². The molecule has 1 aromatic rings. The van der Waals surface area contributed by atoms with Gasteiger partial charge in [0.15, 0.2) is 5.96 Å². The molecule has 0 spiro atoms. The molecule has 1 saturated heterocycles. The molecule has 1 aliphatic heterocycles. The fraction of sp³-hybridized carbons (Fsp3) is 0.706. The second-order valence-electron chi connectivity index (χ2n) is 6.18.